The molecule has 1 N–H and O–H groups in total. The molecule has 2 aliphatic heterocycles. The summed E-state index contributed by atoms with van der Waals surface area (Å²) in [5.41, 5.74) is 1.82. The van der Waals surface area contributed by atoms with Crippen molar-refractivity contribution in [1.29, 1.82) is 0 Å². The van der Waals surface area contributed by atoms with Crippen molar-refractivity contribution in [3.63, 3.8) is 0 Å². The van der Waals surface area contributed by atoms with Crippen LogP contribution >= 0.6 is 0 Å². The van der Waals surface area contributed by atoms with E-state index < -0.39 is 17.8 Å². The van der Waals surface area contributed by atoms with Gasteiger partial charge in [-0.15, -0.1) is 0 Å². The Morgan fingerprint density at radius 1 is 1.14 bits per heavy atom. The summed E-state index contributed by atoms with van der Waals surface area (Å²) >= 11 is 0. The highest BCUT2D eigenvalue weighted by atomic mass is 19.4. The molecule has 36 heavy (non-hydrogen) atoms. The number of fused-ring (bicyclic) bond motifs is 3. The van der Waals surface area contributed by atoms with Crippen LogP contribution in [0.5, 0.6) is 5.75 Å². The molecule has 184 valence electrons. The molecule has 1 amide bonds. The Morgan fingerprint density at radius 2 is 1.94 bits per heavy atom. The van der Waals surface area contributed by atoms with E-state index in [2.05, 4.69) is 20.3 Å². The molecule has 0 radical (unpaired) electrons. The summed E-state index contributed by atoms with van der Waals surface area (Å²) in [6.45, 7) is 0.528. The first-order valence-corrected chi connectivity index (χ1v) is 11.1. The van der Waals surface area contributed by atoms with Gasteiger partial charge in [-0.05, 0) is 23.8 Å². The highest BCUT2D eigenvalue weighted by molar-refractivity contribution is 6.04. The molecule has 0 saturated carbocycles. The fraction of sp³-hybridized carbons (Fsp3) is 0.250. The predicted molar refractivity (Wildman–Crippen MR) is 120 cm³/mol. The predicted octanol–water partition coefficient (Wildman–Crippen LogP) is 4.08. The van der Waals surface area contributed by atoms with E-state index in [0.717, 1.165) is 17.8 Å². The highest BCUT2D eigenvalue weighted by Gasteiger charge is 2.34. The molecule has 0 spiro atoms. The fourth-order valence-corrected chi connectivity index (χ4v) is 4.71. The van der Waals surface area contributed by atoms with Crippen LogP contribution < -0.4 is 10.1 Å². The Hall–Kier alpha value is -4.22. The molecule has 0 unspecified atom stereocenters. The number of alkyl halides is 3. The molecule has 0 fully saturated rings. The van der Waals surface area contributed by atoms with Crippen LogP contribution in [0.25, 0.3) is 16.6 Å². The van der Waals surface area contributed by atoms with Crippen LogP contribution in [0.1, 0.15) is 32.9 Å². The summed E-state index contributed by atoms with van der Waals surface area (Å²) in [5, 5.41) is 3.11. The molecule has 8 nitrogen and oxygen atoms in total. The standard InChI is InChI=1S/C24H18F4N6O2/c1-33-10-12-6-19(24(26,27)28)29-7-14(12)16-9-31-23(34-11-32-20(21(16)34)22(33)35)30-8-15-13-4-5-36-18(13)3-2-17(15)25/h2-3,6-7,9,11H,4-5,8,10H2,1H3,(H,30,31). The SMILES string of the molecule is CN1Cc2cc(C(F)(F)F)ncc2-c2cnc(NCc3c(F)ccc4c3CCO4)n3cnc(c23)C1=O. The van der Waals surface area contributed by atoms with Crippen molar-refractivity contribution in [2.45, 2.75) is 25.7 Å². The Labute approximate surface area is 201 Å². The number of halogens is 4. The zero-order chi connectivity index (χ0) is 25.2. The van der Waals surface area contributed by atoms with Crippen molar-refractivity contribution < 1.29 is 27.1 Å². The van der Waals surface area contributed by atoms with Gasteiger partial charge < -0.3 is 15.0 Å². The topological polar surface area (TPSA) is 84.7 Å². The number of nitrogens with zero attached hydrogens (tertiary/aromatic N) is 5. The van der Waals surface area contributed by atoms with E-state index in [1.54, 1.807) is 10.5 Å². The van der Waals surface area contributed by atoms with Crippen LogP contribution in [0.4, 0.5) is 23.5 Å². The maximum atomic E-state index is 14.6. The van der Waals surface area contributed by atoms with Crippen LogP contribution in [0.3, 0.4) is 0 Å². The molecule has 5 heterocycles. The van der Waals surface area contributed by atoms with Crippen LogP contribution in [-0.2, 0) is 25.7 Å². The van der Waals surface area contributed by atoms with Gasteiger partial charge in [-0.2, -0.15) is 13.2 Å². The number of aromatic nitrogens is 4. The number of carbonyl (C=O) groups excluding carboxylic acids is 1. The minimum absolute atomic E-state index is 0.0569. The normalized spacial score (nSPS) is 14.8. The average Bonchev–Trinajstić information content (AvgIpc) is 3.49. The summed E-state index contributed by atoms with van der Waals surface area (Å²) in [6, 6.07) is 3.90. The lowest BCUT2D eigenvalue weighted by atomic mass is 9.98. The number of anilines is 1. The molecule has 2 aliphatic rings. The lowest BCUT2D eigenvalue weighted by Crippen LogP contribution is -2.28. The van der Waals surface area contributed by atoms with Gasteiger partial charge in [-0.3, -0.25) is 14.2 Å². The van der Waals surface area contributed by atoms with Gasteiger partial charge in [0.25, 0.3) is 5.91 Å². The third-order valence-corrected chi connectivity index (χ3v) is 6.46. The van der Waals surface area contributed by atoms with Crippen molar-refractivity contribution in [2.24, 2.45) is 0 Å². The van der Waals surface area contributed by atoms with Gasteiger partial charge in [0.15, 0.2) is 5.69 Å². The largest absolute Gasteiger partial charge is 0.493 e. The van der Waals surface area contributed by atoms with Crippen molar-refractivity contribution >= 4 is 17.4 Å². The smallest absolute Gasteiger partial charge is 0.433 e. The van der Waals surface area contributed by atoms with Crippen LogP contribution in [0, 0.1) is 5.82 Å². The lowest BCUT2D eigenvalue weighted by molar-refractivity contribution is -0.141. The quantitative estimate of drug-likeness (QED) is 0.429. The second-order valence-corrected chi connectivity index (χ2v) is 8.65. The number of carbonyl (C=O) groups is 1. The molecular weight excluding hydrogens is 480 g/mol. The van der Waals surface area contributed by atoms with Gasteiger partial charge in [0.1, 0.15) is 23.6 Å². The van der Waals surface area contributed by atoms with Gasteiger partial charge in [0, 0.05) is 61.2 Å². The molecule has 3 aromatic heterocycles. The van der Waals surface area contributed by atoms with Gasteiger partial charge in [-0.1, -0.05) is 0 Å². The molecule has 0 saturated heterocycles. The fourth-order valence-electron chi connectivity index (χ4n) is 4.71. The van der Waals surface area contributed by atoms with Crippen molar-refractivity contribution in [3.8, 4) is 16.9 Å². The molecule has 1 aromatic carbocycles. The summed E-state index contributed by atoms with van der Waals surface area (Å²) < 4.78 is 61.6. The molecule has 4 aromatic rings. The number of pyridine rings is 1. The van der Waals surface area contributed by atoms with Gasteiger partial charge in [-0.25, -0.2) is 14.4 Å². The summed E-state index contributed by atoms with van der Waals surface area (Å²) in [5.74, 6) is 0.110. The molecule has 0 bridgehead atoms. The number of rotatable bonds is 3. The van der Waals surface area contributed by atoms with Crippen molar-refractivity contribution in [3.05, 3.63) is 70.8 Å². The first-order valence-electron chi connectivity index (χ1n) is 11.1. The summed E-state index contributed by atoms with van der Waals surface area (Å²) in [6.07, 6.45) is -0.0191. The third kappa shape index (κ3) is 3.43. The number of ether oxygens (including phenoxy) is 1. The van der Waals surface area contributed by atoms with E-state index in [4.69, 9.17) is 4.74 Å². The minimum Gasteiger partial charge on any atom is -0.493 e. The molecule has 0 aliphatic carbocycles. The number of nitrogens with one attached hydrogen (secondary N) is 1. The van der Waals surface area contributed by atoms with Crippen LogP contribution in [-0.4, -0.2) is 43.8 Å². The number of benzene rings is 1. The van der Waals surface area contributed by atoms with Crippen LogP contribution in [0.2, 0.25) is 0 Å². The van der Waals surface area contributed by atoms with Crippen LogP contribution in [0.15, 0.2) is 36.9 Å². The van der Waals surface area contributed by atoms with E-state index in [-0.39, 0.29) is 30.2 Å². The first-order chi connectivity index (χ1) is 17.2. The summed E-state index contributed by atoms with van der Waals surface area (Å²) in [7, 11) is 1.50. The molecule has 0 atom stereocenters. The highest BCUT2D eigenvalue weighted by Crippen LogP contribution is 2.37. The third-order valence-electron chi connectivity index (χ3n) is 6.46. The number of hydrogen-bond donors (Lipinski definition) is 1. The maximum absolute atomic E-state index is 14.6. The molecule has 6 rings (SSSR count). The van der Waals surface area contributed by atoms with E-state index in [1.165, 1.54) is 30.5 Å². The van der Waals surface area contributed by atoms with E-state index >= 15 is 0 Å². The monoisotopic (exact) mass is 498 g/mol. The Morgan fingerprint density at radius 3 is 2.75 bits per heavy atom. The Balaban J connectivity index is 1.46. The Kier molecular flexibility index (Phi) is 4.88. The zero-order valence-corrected chi connectivity index (χ0v) is 18.9. The number of imidazole rings is 1. The second-order valence-electron chi connectivity index (χ2n) is 8.65. The maximum Gasteiger partial charge on any atom is 0.433 e. The lowest BCUT2D eigenvalue weighted by Gasteiger charge is -2.23. The van der Waals surface area contributed by atoms with Gasteiger partial charge in [0.2, 0.25) is 5.95 Å². The zero-order valence-electron chi connectivity index (χ0n) is 18.9. The van der Waals surface area contributed by atoms with E-state index in [9.17, 15) is 22.4 Å². The van der Waals surface area contributed by atoms with Crippen molar-refractivity contribution in [2.75, 3.05) is 19.0 Å². The minimum atomic E-state index is -4.62. The van der Waals surface area contributed by atoms with E-state index in [1.807, 2.05) is 0 Å². The molecule has 12 heteroatoms. The number of hydrogen-bond acceptors (Lipinski definition) is 6. The van der Waals surface area contributed by atoms with Crippen molar-refractivity contribution in [1.82, 2.24) is 24.3 Å². The number of amides is 1. The average molecular weight is 498 g/mol. The Bertz CT molecular complexity index is 1550. The first kappa shape index (κ1) is 22.3. The van der Waals surface area contributed by atoms with Gasteiger partial charge >= 0.3 is 6.18 Å². The second kappa shape index (κ2) is 7.90. The summed E-state index contributed by atoms with van der Waals surface area (Å²) in [4.78, 5) is 26.7. The van der Waals surface area contributed by atoms with E-state index in [0.29, 0.717) is 46.9 Å². The molecular formula is C24H18F4N6O2. The van der Waals surface area contributed by atoms with Gasteiger partial charge in [0.05, 0.1) is 12.1 Å².